The van der Waals surface area contributed by atoms with Gasteiger partial charge in [-0.2, -0.15) is 0 Å². The van der Waals surface area contributed by atoms with Gasteiger partial charge in [0, 0.05) is 23.3 Å². The van der Waals surface area contributed by atoms with E-state index in [1.54, 1.807) is 6.08 Å². The predicted octanol–water partition coefficient (Wildman–Crippen LogP) is 2.07. The molecule has 0 amide bonds. The molecule has 0 unspecified atom stereocenters. The maximum atomic E-state index is 7.50. The third-order valence-electron chi connectivity index (χ3n) is 1.63. The molecule has 0 aliphatic heterocycles. The Kier molecular flexibility index (Phi) is 37.0. The van der Waals surface area contributed by atoms with Crippen molar-refractivity contribution in [2.75, 3.05) is 13.2 Å². The van der Waals surface area contributed by atoms with Gasteiger partial charge in [0.1, 0.15) is 0 Å². The molecule has 0 N–H and O–H groups in total. The SMILES string of the molecule is C=CCOC[C]1[CH][CH][C](C)[CH][CH]1.[C-]#[O+].[C-]#[O+].[C-]#[O+].[Cr]. The zero-order valence-electron chi connectivity index (χ0n) is 10.5. The van der Waals surface area contributed by atoms with Gasteiger partial charge in [-0.1, -0.05) is 13.0 Å². The zero-order chi connectivity index (χ0) is 14.8. The van der Waals surface area contributed by atoms with Crippen molar-refractivity contribution >= 4 is 0 Å². The minimum atomic E-state index is 0. The second-order valence-corrected chi connectivity index (χ2v) is 2.79. The zero-order valence-corrected chi connectivity index (χ0v) is 11.8. The van der Waals surface area contributed by atoms with Gasteiger partial charge in [0.25, 0.3) is 0 Å². The summed E-state index contributed by atoms with van der Waals surface area (Å²) in [6.07, 6.45) is 10.1. The second-order valence-electron chi connectivity index (χ2n) is 2.79. The molecule has 5 heteroatoms. The van der Waals surface area contributed by atoms with Crippen molar-refractivity contribution in [2.24, 2.45) is 0 Å². The largest absolute Gasteiger partial charge is 0 e. The Morgan fingerprint density at radius 3 is 1.84 bits per heavy atom. The smallest absolute Gasteiger partial charge is 0 e. The Bertz CT molecular complexity index is 213. The molecule has 0 aromatic heterocycles. The first-order valence-electron chi connectivity index (χ1n) is 4.68. The molecule has 1 rings (SSSR count). The summed E-state index contributed by atoms with van der Waals surface area (Å²) in [5, 5.41) is 0. The van der Waals surface area contributed by atoms with Crippen molar-refractivity contribution in [3.8, 4) is 0 Å². The van der Waals surface area contributed by atoms with Crippen LogP contribution in [0.5, 0.6) is 0 Å². The molecule has 19 heavy (non-hydrogen) atoms. The Balaban J connectivity index is -0.000000142. The van der Waals surface area contributed by atoms with E-state index in [-0.39, 0.29) is 17.4 Å². The molecular weight excluding hydrogens is 284 g/mol. The number of rotatable bonds is 4. The van der Waals surface area contributed by atoms with Crippen molar-refractivity contribution in [1.29, 1.82) is 0 Å². The van der Waals surface area contributed by atoms with E-state index in [1.165, 1.54) is 11.8 Å². The van der Waals surface area contributed by atoms with E-state index in [9.17, 15) is 0 Å². The van der Waals surface area contributed by atoms with Crippen LogP contribution in [-0.2, 0) is 36.1 Å². The summed E-state index contributed by atoms with van der Waals surface area (Å²) >= 11 is 0. The summed E-state index contributed by atoms with van der Waals surface area (Å²) in [4.78, 5) is 0. The topological polar surface area (TPSA) is 68.9 Å². The van der Waals surface area contributed by atoms with Gasteiger partial charge in [-0.3, -0.25) is 0 Å². The maximum Gasteiger partial charge on any atom is 0 e. The number of hydrogen-bond donors (Lipinski definition) is 0. The fraction of sp³-hybridized carbons (Fsp3) is 0.214. The van der Waals surface area contributed by atoms with Crippen molar-refractivity contribution in [3.05, 3.63) is 70.1 Å². The molecule has 0 heterocycles. The summed E-state index contributed by atoms with van der Waals surface area (Å²) in [7, 11) is 0. The van der Waals surface area contributed by atoms with Gasteiger partial charge in [0.15, 0.2) is 0 Å². The quantitative estimate of drug-likeness (QED) is 0.339. The number of ether oxygens (including phenoxy) is 1. The van der Waals surface area contributed by atoms with Gasteiger partial charge in [-0.05, 0) is 31.6 Å². The molecule has 0 atom stereocenters. The van der Waals surface area contributed by atoms with Gasteiger partial charge < -0.3 is 4.74 Å². The molecule has 0 bridgehead atoms. The summed E-state index contributed by atoms with van der Waals surface area (Å²) in [6, 6.07) is 0. The van der Waals surface area contributed by atoms with Crippen LogP contribution in [0.3, 0.4) is 0 Å². The minimum absolute atomic E-state index is 0. The van der Waals surface area contributed by atoms with Crippen molar-refractivity contribution in [3.63, 3.8) is 0 Å². The van der Waals surface area contributed by atoms with Crippen LogP contribution in [-0.4, -0.2) is 13.2 Å². The van der Waals surface area contributed by atoms with Gasteiger partial charge in [0.2, 0.25) is 0 Å². The van der Waals surface area contributed by atoms with Crippen LogP contribution in [0, 0.1) is 57.5 Å². The Morgan fingerprint density at radius 2 is 1.47 bits per heavy atom. The number of hydrogen-bond acceptors (Lipinski definition) is 1. The Morgan fingerprint density at radius 1 is 1.05 bits per heavy atom. The first-order valence-corrected chi connectivity index (χ1v) is 4.68. The summed E-state index contributed by atoms with van der Waals surface area (Å²) in [5.41, 5.74) is 0. The van der Waals surface area contributed by atoms with E-state index < -0.39 is 0 Å². The standard InChI is InChI=1S/C11H14O.3CO.Cr/c1-3-8-12-9-11-6-4-10(2)5-7-11;3*1-2;/h3-7H,1,8-9H2,2H3;;;;. The fourth-order valence-electron chi connectivity index (χ4n) is 0.944. The minimum Gasteiger partial charge on any atom is 0 e. The average Bonchev–Trinajstić information content (AvgIpc) is 2.48. The van der Waals surface area contributed by atoms with Crippen LogP contribution in [0.15, 0.2) is 12.7 Å². The third-order valence-corrected chi connectivity index (χ3v) is 1.63. The van der Waals surface area contributed by atoms with Crippen molar-refractivity contribution in [2.45, 2.75) is 6.92 Å². The van der Waals surface area contributed by atoms with Crippen molar-refractivity contribution < 1.29 is 36.1 Å². The molecule has 1 aliphatic rings. The van der Waals surface area contributed by atoms with Crippen LogP contribution >= 0.6 is 0 Å². The monoisotopic (exact) mass is 298 g/mol. The van der Waals surface area contributed by atoms with E-state index in [2.05, 4.69) is 59.1 Å². The Hall–Kier alpha value is -0.548. The molecule has 1 fully saturated rings. The van der Waals surface area contributed by atoms with Gasteiger partial charge in [-0.25, -0.2) is 0 Å². The summed E-state index contributed by atoms with van der Waals surface area (Å²) in [6.45, 7) is 20.5. The van der Waals surface area contributed by atoms with Gasteiger partial charge in [-0.15, -0.1) is 6.58 Å². The Labute approximate surface area is 126 Å². The van der Waals surface area contributed by atoms with Crippen molar-refractivity contribution in [1.82, 2.24) is 0 Å². The predicted molar refractivity (Wildman–Crippen MR) is 62.2 cm³/mol. The summed E-state index contributed by atoms with van der Waals surface area (Å²) < 4.78 is 27.8. The second kappa shape index (κ2) is 26.1. The van der Waals surface area contributed by atoms with Gasteiger partial charge in [0.05, 0.1) is 13.2 Å². The molecule has 1 aliphatic carbocycles. The van der Waals surface area contributed by atoms with E-state index in [0.29, 0.717) is 13.2 Å². The van der Waals surface area contributed by atoms with Crippen LogP contribution in [0.4, 0.5) is 0 Å². The first kappa shape index (κ1) is 26.9. The molecule has 0 spiro atoms. The summed E-state index contributed by atoms with van der Waals surface area (Å²) in [5.74, 6) is 2.49. The van der Waals surface area contributed by atoms with Crippen LogP contribution in [0.25, 0.3) is 0 Å². The molecule has 100 valence electrons. The average molecular weight is 298 g/mol. The van der Waals surface area contributed by atoms with Crippen LogP contribution < -0.4 is 0 Å². The first-order chi connectivity index (χ1) is 8.83. The third kappa shape index (κ3) is 20.0. The maximum absolute atomic E-state index is 7.50. The van der Waals surface area contributed by atoms with Gasteiger partial charge >= 0.3 is 33.9 Å². The molecule has 1 saturated carbocycles. The molecule has 0 aromatic carbocycles. The van der Waals surface area contributed by atoms with Crippen LogP contribution in [0.2, 0.25) is 0 Å². The normalized spacial score (nSPS) is 13.6. The fourth-order valence-corrected chi connectivity index (χ4v) is 0.944. The molecule has 6 radical (unpaired) electrons. The van der Waals surface area contributed by atoms with E-state index >= 15 is 0 Å². The molecule has 0 saturated heterocycles. The van der Waals surface area contributed by atoms with E-state index in [4.69, 9.17) is 18.7 Å². The molecular formula is C14H14CrO4. The molecule has 4 nitrogen and oxygen atoms in total. The molecule has 0 aromatic rings. The van der Waals surface area contributed by atoms with Crippen LogP contribution in [0.1, 0.15) is 6.92 Å². The van der Waals surface area contributed by atoms with E-state index in [0.717, 1.165) is 0 Å². The van der Waals surface area contributed by atoms with E-state index in [1.807, 2.05) is 0 Å².